The Morgan fingerprint density at radius 3 is 2.13 bits per heavy atom. The first-order valence-electron chi connectivity index (χ1n) is 10.5. The molecule has 30 heavy (non-hydrogen) atoms. The van der Waals surface area contributed by atoms with E-state index in [4.69, 9.17) is 15.2 Å². The second kappa shape index (κ2) is 8.11. The number of nitrogens with zero attached hydrogens (tertiary/aromatic N) is 1. The van der Waals surface area contributed by atoms with Crippen LogP contribution in [0.1, 0.15) is 49.0 Å². The van der Waals surface area contributed by atoms with Crippen molar-refractivity contribution in [3.63, 3.8) is 0 Å². The maximum absolute atomic E-state index is 11.7. The highest BCUT2D eigenvalue weighted by Gasteiger charge is 2.51. The van der Waals surface area contributed by atoms with E-state index in [0.717, 1.165) is 43.0 Å². The minimum atomic E-state index is -0.919. The molecule has 2 aliphatic heterocycles. The molecule has 0 bridgehead atoms. The van der Waals surface area contributed by atoms with Gasteiger partial charge >= 0.3 is 0 Å². The third kappa shape index (κ3) is 3.79. The largest absolute Gasteiger partial charge is 0.444 e. The second-order valence-electron chi connectivity index (χ2n) is 8.28. The van der Waals surface area contributed by atoms with Crippen LogP contribution in [0, 0.1) is 5.92 Å². The molecule has 0 aromatic heterocycles. The third-order valence-electron chi connectivity index (χ3n) is 6.25. The fourth-order valence-corrected chi connectivity index (χ4v) is 4.56. The second-order valence-corrected chi connectivity index (χ2v) is 8.28. The topological polar surface area (TPSA) is 81.9 Å². The number of nitrogens with two attached hydrogens (primary N) is 1. The van der Waals surface area contributed by atoms with Gasteiger partial charge in [0.25, 0.3) is 5.79 Å². The molecule has 2 aliphatic rings. The summed E-state index contributed by atoms with van der Waals surface area (Å²) >= 11 is 0. The maximum Gasteiger partial charge on any atom is 0.281 e. The van der Waals surface area contributed by atoms with E-state index in [1.807, 2.05) is 55.5 Å². The Morgan fingerprint density at radius 1 is 1.07 bits per heavy atom. The molecule has 6 nitrogen and oxygen atoms in total. The molecule has 1 atom stereocenters. The zero-order valence-corrected chi connectivity index (χ0v) is 17.5. The highest BCUT2D eigenvalue weighted by Crippen LogP contribution is 2.50. The van der Waals surface area contributed by atoms with Gasteiger partial charge in [-0.2, -0.15) is 0 Å². The molecule has 2 heterocycles. The van der Waals surface area contributed by atoms with Gasteiger partial charge in [-0.15, -0.1) is 0 Å². The van der Waals surface area contributed by atoms with E-state index < -0.39 is 5.79 Å². The van der Waals surface area contributed by atoms with Crippen molar-refractivity contribution >= 4 is 11.7 Å². The molecule has 0 spiro atoms. The number of primary amides is 1. The summed E-state index contributed by atoms with van der Waals surface area (Å²) in [5, 5.41) is 0. The smallest absolute Gasteiger partial charge is 0.281 e. The summed E-state index contributed by atoms with van der Waals surface area (Å²) < 4.78 is 13.0. The summed E-state index contributed by atoms with van der Waals surface area (Å²) in [4.78, 5) is 25.3. The van der Waals surface area contributed by atoms with Crippen LogP contribution in [0.15, 0.2) is 48.5 Å². The lowest BCUT2D eigenvalue weighted by molar-refractivity contribution is -0.150. The SMILES string of the molecule is CC(=O)c1ccc(C2(C3CCN(C(C)CC(N)=O)CC3)Oc3ccccc3O2)cc1. The summed E-state index contributed by atoms with van der Waals surface area (Å²) in [6.07, 6.45) is 2.10. The number of fused-ring (bicyclic) bond motifs is 1. The Bertz CT molecular complexity index is 907. The lowest BCUT2D eigenvalue weighted by Gasteiger charge is -2.42. The van der Waals surface area contributed by atoms with Crippen molar-refractivity contribution in [1.29, 1.82) is 0 Å². The maximum atomic E-state index is 11.7. The van der Waals surface area contributed by atoms with Crippen LogP contribution in [0.3, 0.4) is 0 Å². The Hall–Kier alpha value is -2.86. The molecule has 4 rings (SSSR count). The van der Waals surface area contributed by atoms with Gasteiger partial charge in [0.05, 0.1) is 0 Å². The van der Waals surface area contributed by atoms with Crippen molar-refractivity contribution in [3.05, 3.63) is 59.7 Å². The van der Waals surface area contributed by atoms with E-state index in [2.05, 4.69) is 4.90 Å². The zero-order chi connectivity index (χ0) is 21.3. The number of carbonyl (C=O) groups excluding carboxylic acids is 2. The number of piperidine rings is 1. The third-order valence-corrected chi connectivity index (χ3v) is 6.25. The molecule has 1 amide bonds. The van der Waals surface area contributed by atoms with Gasteiger partial charge in [0.15, 0.2) is 17.3 Å². The summed E-state index contributed by atoms with van der Waals surface area (Å²) in [7, 11) is 0. The number of likely N-dealkylation sites (tertiary alicyclic amines) is 1. The normalized spacial score (nSPS) is 19.4. The fraction of sp³-hybridized carbons (Fsp3) is 0.417. The van der Waals surface area contributed by atoms with Crippen LogP contribution >= 0.6 is 0 Å². The summed E-state index contributed by atoms with van der Waals surface area (Å²) in [5.41, 5.74) is 6.95. The molecule has 0 aliphatic carbocycles. The van der Waals surface area contributed by atoms with Gasteiger partial charge < -0.3 is 20.1 Å². The standard InChI is InChI=1S/C24H28N2O4/c1-16(15-23(25)28)26-13-11-20(12-14-26)24(19-9-7-18(8-10-19)17(2)27)29-21-5-3-4-6-22(21)30-24/h3-10,16,20H,11-15H2,1-2H3,(H2,25,28). The van der Waals surface area contributed by atoms with Crippen molar-refractivity contribution in [2.45, 2.75) is 44.9 Å². The van der Waals surface area contributed by atoms with E-state index >= 15 is 0 Å². The number of rotatable bonds is 6. The summed E-state index contributed by atoms with van der Waals surface area (Å²) in [6, 6.07) is 15.4. The molecular formula is C24H28N2O4. The Morgan fingerprint density at radius 2 is 1.63 bits per heavy atom. The molecule has 2 aromatic carbocycles. The lowest BCUT2D eigenvalue weighted by atomic mass is 9.83. The van der Waals surface area contributed by atoms with E-state index in [-0.39, 0.29) is 23.7 Å². The van der Waals surface area contributed by atoms with Crippen molar-refractivity contribution < 1.29 is 19.1 Å². The number of carbonyl (C=O) groups is 2. The number of Topliss-reactive ketones (excluding diaryl/α,β-unsaturated/α-hetero) is 1. The number of ether oxygens (including phenoxy) is 2. The van der Waals surface area contributed by atoms with E-state index in [0.29, 0.717) is 12.0 Å². The fourth-order valence-electron chi connectivity index (χ4n) is 4.56. The van der Waals surface area contributed by atoms with E-state index in [1.54, 1.807) is 6.92 Å². The van der Waals surface area contributed by atoms with Gasteiger partial charge in [-0.1, -0.05) is 36.4 Å². The van der Waals surface area contributed by atoms with Crippen LogP contribution in [-0.4, -0.2) is 35.7 Å². The molecule has 158 valence electrons. The summed E-state index contributed by atoms with van der Waals surface area (Å²) in [6.45, 7) is 5.29. The lowest BCUT2D eigenvalue weighted by Crippen LogP contribution is -2.50. The minimum Gasteiger partial charge on any atom is -0.444 e. The average Bonchev–Trinajstić information content (AvgIpc) is 3.14. The van der Waals surface area contributed by atoms with Crippen LogP contribution in [0.2, 0.25) is 0 Å². The number of ketones is 1. The first-order valence-corrected chi connectivity index (χ1v) is 10.5. The van der Waals surface area contributed by atoms with Crippen LogP contribution in [0.5, 0.6) is 11.5 Å². The van der Waals surface area contributed by atoms with E-state index in [9.17, 15) is 9.59 Å². The van der Waals surface area contributed by atoms with Gasteiger partial charge in [0.1, 0.15) is 0 Å². The summed E-state index contributed by atoms with van der Waals surface area (Å²) in [5.74, 6) is 0.437. The van der Waals surface area contributed by atoms with Crippen molar-refractivity contribution in [1.82, 2.24) is 4.90 Å². The Labute approximate surface area is 177 Å². The Kier molecular flexibility index (Phi) is 5.52. The number of hydrogen-bond acceptors (Lipinski definition) is 5. The molecule has 2 N–H and O–H groups in total. The molecule has 2 aromatic rings. The molecule has 1 saturated heterocycles. The predicted molar refractivity (Wildman–Crippen MR) is 113 cm³/mol. The van der Waals surface area contributed by atoms with E-state index in [1.165, 1.54) is 0 Å². The first kappa shape index (κ1) is 20.4. The van der Waals surface area contributed by atoms with Crippen molar-refractivity contribution in [3.8, 4) is 11.5 Å². The van der Waals surface area contributed by atoms with Crippen LogP contribution in [0.25, 0.3) is 0 Å². The molecule has 1 fully saturated rings. The first-order chi connectivity index (χ1) is 14.4. The minimum absolute atomic E-state index is 0.0314. The van der Waals surface area contributed by atoms with Gasteiger partial charge in [-0.3, -0.25) is 9.59 Å². The number of para-hydroxylation sites is 2. The Balaban J connectivity index is 1.60. The predicted octanol–water partition coefficient (Wildman–Crippen LogP) is 3.49. The average molecular weight is 408 g/mol. The van der Waals surface area contributed by atoms with Crippen LogP contribution < -0.4 is 15.2 Å². The zero-order valence-electron chi connectivity index (χ0n) is 17.5. The van der Waals surface area contributed by atoms with Crippen LogP contribution in [0.4, 0.5) is 0 Å². The number of amides is 1. The van der Waals surface area contributed by atoms with Gasteiger partial charge in [0, 0.05) is 29.5 Å². The highest BCUT2D eigenvalue weighted by molar-refractivity contribution is 5.94. The van der Waals surface area contributed by atoms with Crippen LogP contribution in [-0.2, 0) is 10.6 Å². The molecule has 6 heteroatoms. The number of hydrogen-bond donors (Lipinski definition) is 1. The van der Waals surface area contributed by atoms with Gasteiger partial charge in [-0.05, 0) is 51.9 Å². The number of benzene rings is 2. The van der Waals surface area contributed by atoms with Gasteiger partial charge in [-0.25, -0.2) is 0 Å². The quantitative estimate of drug-likeness (QED) is 0.740. The van der Waals surface area contributed by atoms with Crippen molar-refractivity contribution in [2.24, 2.45) is 11.7 Å². The molecular weight excluding hydrogens is 380 g/mol. The van der Waals surface area contributed by atoms with Crippen molar-refractivity contribution in [2.75, 3.05) is 13.1 Å². The highest BCUT2D eigenvalue weighted by atomic mass is 16.7. The monoisotopic (exact) mass is 408 g/mol. The molecule has 1 unspecified atom stereocenters. The molecule has 0 saturated carbocycles. The van der Waals surface area contributed by atoms with Gasteiger partial charge in [0.2, 0.25) is 5.91 Å². The molecule has 0 radical (unpaired) electrons.